The molecule has 0 spiro atoms. The van der Waals surface area contributed by atoms with Crippen molar-refractivity contribution in [2.24, 2.45) is 5.73 Å². The third-order valence-electron chi connectivity index (χ3n) is 4.62. The number of Topliss-reactive ketones (excluding diaryl/α,β-unsaturated/α-hetero) is 1. The maximum Gasteiger partial charge on any atom is 0.217 e. The van der Waals surface area contributed by atoms with E-state index in [-0.39, 0.29) is 18.6 Å². The Morgan fingerprint density at radius 2 is 2.08 bits per heavy atom. The van der Waals surface area contributed by atoms with Crippen molar-refractivity contribution in [2.75, 3.05) is 6.26 Å². The molecule has 0 saturated heterocycles. The Kier molecular flexibility index (Phi) is 4.95. The average molecular weight is 375 g/mol. The SMILES string of the molecule is CS(=O)(=O)C(CCC(N)=O)n1cc(-c2ccc3c(c2)C(=O)CCC3)cn1. The molecule has 1 aromatic heterocycles. The third kappa shape index (κ3) is 3.85. The summed E-state index contributed by atoms with van der Waals surface area (Å²) in [5.41, 5.74) is 8.45. The number of amides is 1. The molecular formula is C18H21N3O4S. The molecule has 1 unspecified atom stereocenters. The average Bonchev–Trinajstić information content (AvgIpc) is 3.03. The topological polar surface area (TPSA) is 112 Å². The molecule has 26 heavy (non-hydrogen) atoms. The lowest BCUT2D eigenvalue weighted by Gasteiger charge is -2.15. The first-order chi connectivity index (χ1) is 12.3. The van der Waals surface area contributed by atoms with Crippen LogP contribution in [-0.4, -0.2) is 36.1 Å². The van der Waals surface area contributed by atoms with Crippen LogP contribution in [0.2, 0.25) is 0 Å². The van der Waals surface area contributed by atoms with Crippen LogP contribution >= 0.6 is 0 Å². The van der Waals surface area contributed by atoms with Gasteiger partial charge in [0.05, 0.1) is 6.20 Å². The molecule has 1 aliphatic rings. The lowest BCUT2D eigenvalue weighted by molar-refractivity contribution is -0.118. The summed E-state index contributed by atoms with van der Waals surface area (Å²) < 4.78 is 25.5. The predicted octanol–water partition coefficient (Wildman–Crippen LogP) is 1.88. The zero-order valence-corrected chi connectivity index (χ0v) is 15.3. The Morgan fingerprint density at radius 1 is 1.31 bits per heavy atom. The minimum atomic E-state index is -3.47. The Balaban J connectivity index is 1.92. The number of carbonyl (C=O) groups excluding carboxylic acids is 2. The van der Waals surface area contributed by atoms with E-state index >= 15 is 0 Å². The molecule has 138 valence electrons. The number of aromatic nitrogens is 2. The van der Waals surface area contributed by atoms with Crippen LogP contribution in [0.5, 0.6) is 0 Å². The van der Waals surface area contributed by atoms with Crippen molar-refractivity contribution in [1.82, 2.24) is 9.78 Å². The molecule has 1 atom stereocenters. The van der Waals surface area contributed by atoms with Crippen molar-refractivity contribution >= 4 is 21.5 Å². The van der Waals surface area contributed by atoms with Crippen LogP contribution in [0.15, 0.2) is 30.6 Å². The van der Waals surface area contributed by atoms with Crippen LogP contribution < -0.4 is 5.73 Å². The highest BCUT2D eigenvalue weighted by molar-refractivity contribution is 7.90. The molecule has 1 heterocycles. The van der Waals surface area contributed by atoms with Crippen molar-refractivity contribution in [2.45, 2.75) is 37.5 Å². The van der Waals surface area contributed by atoms with Gasteiger partial charge in [-0.2, -0.15) is 5.10 Å². The number of hydrogen-bond acceptors (Lipinski definition) is 5. The molecule has 3 rings (SSSR count). The molecule has 0 bridgehead atoms. The second-order valence-electron chi connectivity index (χ2n) is 6.65. The molecular weight excluding hydrogens is 354 g/mol. The molecule has 7 nitrogen and oxygen atoms in total. The van der Waals surface area contributed by atoms with Crippen molar-refractivity contribution in [3.05, 3.63) is 41.7 Å². The van der Waals surface area contributed by atoms with E-state index in [0.29, 0.717) is 6.42 Å². The fourth-order valence-corrected chi connectivity index (χ4v) is 4.31. The number of hydrogen-bond donors (Lipinski definition) is 1. The van der Waals surface area contributed by atoms with Crippen LogP contribution in [0, 0.1) is 0 Å². The van der Waals surface area contributed by atoms with Gasteiger partial charge >= 0.3 is 0 Å². The van der Waals surface area contributed by atoms with Gasteiger partial charge in [-0.1, -0.05) is 12.1 Å². The summed E-state index contributed by atoms with van der Waals surface area (Å²) in [5, 5.41) is 3.21. The van der Waals surface area contributed by atoms with Gasteiger partial charge in [0, 0.05) is 36.4 Å². The van der Waals surface area contributed by atoms with Crippen LogP contribution in [0.3, 0.4) is 0 Å². The summed E-state index contributed by atoms with van der Waals surface area (Å²) in [6.45, 7) is 0. The predicted molar refractivity (Wildman–Crippen MR) is 97.2 cm³/mol. The van der Waals surface area contributed by atoms with Gasteiger partial charge in [-0.3, -0.25) is 14.3 Å². The minimum absolute atomic E-state index is 0.0414. The number of carbonyl (C=O) groups is 2. The van der Waals surface area contributed by atoms with Crippen LogP contribution in [-0.2, 0) is 21.1 Å². The first-order valence-corrected chi connectivity index (χ1v) is 10.4. The van der Waals surface area contributed by atoms with Crippen molar-refractivity contribution < 1.29 is 18.0 Å². The van der Waals surface area contributed by atoms with E-state index in [9.17, 15) is 18.0 Å². The normalized spacial score (nSPS) is 15.5. The summed E-state index contributed by atoms with van der Waals surface area (Å²) in [6, 6.07) is 5.70. The number of rotatable bonds is 6. The highest BCUT2D eigenvalue weighted by Gasteiger charge is 2.25. The van der Waals surface area contributed by atoms with Gasteiger partial charge in [0.25, 0.3) is 0 Å². The largest absolute Gasteiger partial charge is 0.370 e. The molecule has 0 saturated carbocycles. The summed E-state index contributed by atoms with van der Waals surface area (Å²) in [4.78, 5) is 23.1. The molecule has 8 heteroatoms. The summed E-state index contributed by atoms with van der Waals surface area (Å²) in [7, 11) is -3.47. The fourth-order valence-electron chi connectivity index (χ4n) is 3.26. The molecule has 2 aromatic rings. The van der Waals surface area contributed by atoms with Gasteiger partial charge in [0.2, 0.25) is 5.91 Å². The van der Waals surface area contributed by atoms with Crippen LogP contribution in [0.4, 0.5) is 0 Å². The van der Waals surface area contributed by atoms with Gasteiger partial charge in [-0.05, 0) is 36.5 Å². The minimum Gasteiger partial charge on any atom is -0.370 e. The molecule has 2 N–H and O–H groups in total. The Hall–Kier alpha value is -2.48. The van der Waals surface area contributed by atoms with Gasteiger partial charge in [-0.25, -0.2) is 8.42 Å². The first kappa shape index (κ1) is 18.3. The smallest absolute Gasteiger partial charge is 0.217 e. The highest BCUT2D eigenvalue weighted by atomic mass is 32.2. The summed E-state index contributed by atoms with van der Waals surface area (Å²) in [5.74, 6) is -0.421. The molecule has 1 amide bonds. The van der Waals surface area contributed by atoms with E-state index in [1.165, 1.54) is 4.68 Å². The van der Waals surface area contributed by atoms with Gasteiger partial charge in [0.1, 0.15) is 0 Å². The number of benzene rings is 1. The Bertz CT molecular complexity index is 963. The molecule has 1 aliphatic carbocycles. The van der Waals surface area contributed by atoms with E-state index in [1.807, 2.05) is 18.2 Å². The zero-order chi connectivity index (χ0) is 18.9. The fraction of sp³-hybridized carbons (Fsp3) is 0.389. The van der Waals surface area contributed by atoms with Crippen LogP contribution in [0.25, 0.3) is 11.1 Å². The van der Waals surface area contributed by atoms with E-state index in [0.717, 1.165) is 41.4 Å². The van der Waals surface area contributed by atoms with E-state index in [4.69, 9.17) is 5.73 Å². The number of nitrogens with two attached hydrogens (primary N) is 1. The second-order valence-corrected chi connectivity index (χ2v) is 8.85. The van der Waals surface area contributed by atoms with Crippen molar-refractivity contribution in [1.29, 1.82) is 0 Å². The monoisotopic (exact) mass is 375 g/mol. The highest BCUT2D eigenvalue weighted by Crippen LogP contribution is 2.29. The van der Waals surface area contributed by atoms with Crippen molar-refractivity contribution in [3.63, 3.8) is 0 Å². The van der Waals surface area contributed by atoms with E-state index in [2.05, 4.69) is 5.10 Å². The quantitative estimate of drug-likeness (QED) is 0.828. The van der Waals surface area contributed by atoms with Gasteiger partial charge in [0.15, 0.2) is 21.0 Å². The number of fused-ring (bicyclic) bond motifs is 1. The van der Waals surface area contributed by atoms with Crippen LogP contribution in [0.1, 0.15) is 47.0 Å². The second kappa shape index (κ2) is 7.03. The standard InChI is InChI=1S/C18H21N3O4S/c1-26(24,25)18(8-7-17(19)23)21-11-14(10-20-21)13-6-5-12-3-2-4-16(22)15(12)9-13/h5-6,9-11,18H,2-4,7-8H2,1H3,(H2,19,23). The number of nitrogens with zero attached hydrogens (tertiary/aromatic N) is 2. The lowest BCUT2D eigenvalue weighted by Crippen LogP contribution is -2.22. The number of sulfone groups is 1. The first-order valence-electron chi connectivity index (χ1n) is 8.43. The molecule has 0 aliphatic heterocycles. The third-order valence-corrected chi connectivity index (χ3v) is 6.06. The Morgan fingerprint density at radius 3 is 2.77 bits per heavy atom. The van der Waals surface area contributed by atoms with Gasteiger partial charge < -0.3 is 5.73 Å². The maximum absolute atomic E-state index is 12.1. The van der Waals surface area contributed by atoms with Crippen molar-refractivity contribution in [3.8, 4) is 11.1 Å². The lowest BCUT2D eigenvalue weighted by atomic mass is 9.88. The molecule has 1 aromatic carbocycles. The number of ketones is 1. The zero-order valence-electron chi connectivity index (χ0n) is 14.5. The summed E-state index contributed by atoms with van der Waals surface area (Å²) in [6.07, 6.45) is 6.65. The Labute approximate surface area is 152 Å². The molecule has 0 fully saturated rings. The number of primary amides is 1. The number of aryl methyl sites for hydroxylation is 1. The van der Waals surface area contributed by atoms with E-state index < -0.39 is 21.1 Å². The van der Waals surface area contributed by atoms with Gasteiger partial charge in [-0.15, -0.1) is 0 Å². The maximum atomic E-state index is 12.1. The van der Waals surface area contributed by atoms with E-state index in [1.54, 1.807) is 12.4 Å². The molecule has 0 radical (unpaired) electrons. The summed E-state index contributed by atoms with van der Waals surface area (Å²) >= 11 is 0.